The van der Waals surface area contributed by atoms with E-state index in [2.05, 4.69) is 47.6 Å². The van der Waals surface area contributed by atoms with Gasteiger partial charge < -0.3 is 10.3 Å². The molecule has 0 aliphatic heterocycles. The van der Waals surface area contributed by atoms with Crippen molar-refractivity contribution >= 4 is 45.9 Å². The van der Waals surface area contributed by atoms with Crippen molar-refractivity contribution in [3.63, 3.8) is 0 Å². The molecule has 5 aromatic rings. The zero-order chi connectivity index (χ0) is 23.7. The average Bonchev–Trinajstić information content (AvgIpc) is 3.29. The minimum Gasteiger partial charge on any atom is -0.354 e. The number of amides is 1. The number of H-pyrrole nitrogens is 1. The maximum Gasteiger partial charge on any atom is 0.256 e. The molecule has 0 radical (unpaired) electrons. The second-order valence-electron chi connectivity index (χ2n) is 8.20. The molecule has 2 N–H and O–H groups in total. The number of anilines is 1. The lowest BCUT2D eigenvalue weighted by molar-refractivity contribution is 0.102. The van der Waals surface area contributed by atoms with Crippen molar-refractivity contribution in [3.8, 4) is 22.4 Å². The molecule has 168 valence electrons. The summed E-state index contributed by atoms with van der Waals surface area (Å²) in [5.41, 5.74) is 7.20. The van der Waals surface area contributed by atoms with Crippen LogP contribution in [0.1, 0.15) is 15.9 Å². The number of carbonyl (C=O) groups is 1. The van der Waals surface area contributed by atoms with Crippen LogP contribution in [0.3, 0.4) is 0 Å². The Morgan fingerprint density at radius 2 is 1.74 bits per heavy atom. The van der Waals surface area contributed by atoms with Crippen molar-refractivity contribution in [1.82, 2.24) is 4.98 Å². The van der Waals surface area contributed by atoms with Gasteiger partial charge in [-0.3, -0.25) is 4.79 Å². The van der Waals surface area contributed by atoms with Crippen LogP contribution in [0.4, 0.5) is 5.69 Å². The maximum absolute atomic E-state index is 13.4. The van der Waals surface area contributed by atoms with Crippen molar-refractivity contribution < 1.29 is 4.79 Å². The summed E-state index contributed by atoms with van der Waals surface area (Å²) in [6.45, 7) is 2.06. The number of aromatic amines is 1. The predicted molar refractivity (Wildman–Crippen MR) is 145 cm³/mol. The van der Waals surface area contributed by atoms with E-state index < -0.39 is 0 Å². The van der Waals surface area contributed by atoms with Gasteiger partial charge in [0.05, 0.1) is 5.02 Å². The first kappa shape index (κ1) is 22.3. The van der Waals surface area contributed by atoms with Crippen LogP contribution in [-0.2, 0) is 0 Å². The van der Waals surface area contributed by atoms with E-state index in [1.807, 2.05) is 66.9 Å². The van der Waals surface area contributed by atoms with Crippen LogP contribution >= 0.6 is 23.4 Å². The Hall–Kier alpha value is -3.47. The molecule has 0 fully saturated rings. The minimum absolute atomic E-state index is 0.158. The van der Waals surface area contributed by atoms with Crippen LogP contribution in [0.25, 0.3) is 33.3 Å². The van der Waals surface area contributed by atoms with Crippen molar-refractivity contribution in [2.24, 2.45) is 0 Å². The van der Waals surface area contributed by atoms with E-state index in [-0.39, 0.29) is 5.91 Å². The predicted octanol–water partition coefficient (Wildman–Crippen LogP) is 8.44. The SMILES string of the molecule is CSc1ccc(C(=O)Nc2ccc(Cl)c(-c3cc4ccccc4[nH]3)c2)c(-c2cccc(C)c2)c1. The number of hydrogen-bond donors (Lipinski definition) is 2. The van der Waals surface area contributed by atoms with Gasteiger partial charge in [0.25, 0.3) is 5.91 Å². The highest BCUT2D eigenvalue weighted by Gasteiger charge is 2.16. The van der Waals surface area contributed by atoms with E-state index >= 15 is 0 Å². The Kier molecular flexibility index (Phi) is 6.18. The van der Waals surface area contributed by atoms with E-state index in [0.717, 1.165) is 43.7 Å². The molecule has 1 heterocycles. The van der Waals surface area contributed by atoms with E-state index in [0.29, 0.717) is 16.3 Å². The van der Waals surface area contributed by atoms with Crippen molar-refractivity contribution in [2.75, 3.05) is 11.6 Å². The third-order valence-corrected chi connectivity index (χ3v) is 6.90. The van der Waals surface area contributed by atoms with Crippen LogP contribution < -0.4 is 5.32 Å². The lowest BCUT2D eigenvalue weighted by Gasteiger charge is -2.13. The molecule has 5 rings (SSSR count). The molecular weight excluding hydrogens is 460 g/mol. The molecule has 0 atom stereocenters. The topological polar surface area (TPSA) is 44.9 Å². The van der Waals surface area contributed by atoms with Gasteiger partial charge in [0.1, 0.15) is 0 Å². The fourth-order valence-corrected chi connectivity index (χ4v) is 4.79. The third kappa shape index (κ3) is 4.47. The summed E-state index contributed by atoms with van der Waals surface area (Å²) in [4.78, 5) is 17.9. The van der Waals surface area contributed by atoms with Gasteiger partial charge in [0.2, 0.25) is 0 Å². The molecule has 34 heavy (non-hydrogen) atoms. The molecule has 1 amide bonds. The summed E-state index contributed by atoms with van der Waals surface area (Å²) in [7, 11) is 0. The quantitative estimate of drug-likeness (QED) is 0.247. The summed E-state index contributed by atoms with van der Waals surface area (Å²) in [5.74, 6) is -0.158. The van der Waals surface area contributed by atoms with Crippen molar-refractivity contribution in [1.29, 1.82) is 0 Å². The number of aryl methyl sites for hydroxylation is 1. The van der Waals surface area contributed by atoms with Crippen LogP contribution in [0.2, 0.25) is 5.02 Å². The Morgan fingerprint density at radius 1 is 0.882 bits per heavy atom. The van der Waals surface area contributed by atoms with Crippen LogP contribution in [0.5, 0.6) is 0 Å². The largest absolute Gasteiger partial charge is 0.354 e. The smallest absolute Gasteiger partial charge is 0.256 e. The number of benzene rings is 4. The number of aromatic nitrogens is 1. The second-order valence-corrected chi connectivity index (χ2v) is 9.49. The molecule has 5 heteroatoms. The summed E-state index contributed by atoms with van der Waals surface area (Å²) >= 11 is 8.19. The summed E-state index contributed by atoms with van der Waals surface area (Å²) < 4.78 is 0. The first-order valence-electron chi connectivity index (χ1n) is 11.0. The highest BCUT2D eigenvalue weighted by atomic mass is 35.5. The van der Waals surface area contributed by atoms with Crippen LogP contribution in [0, 0.1) is 6.92 Å². The monoisotopic (exact) mass is 482 g/mol. The van der Waals surface area contributed by atoms with Crippen molar-refractivity contribution in [3.05, 3.63) is 107 Å². The Labute approximate surface area is 208 Å². The number of thioether (sulfide) groups is 1. The zero-order valence-corrected chi connectivity index (χ0v) is 20.4. The summed E-state index contributed by atoms with van der Waals surface area (Å²) in [6, 6.07) is 29.9. The Bertz CT molecular complexity index is 1490. The van der Waals surface area contributed by atoms with E-state index in [1.165, 1.54) is 0 Å². The van der Waals surface area contributed by atoms with Crippen LogP contribution in [0.15, 0.2) is 95.9 Å². The molecule has 4 aromatic carbocycles. The fourth-order valence-electron chi connectivity index (χ4n) is 4.13. The van der Waals surface area contributed by atoms with Gasteiger partial charge in [-0.05, 0) is 72.8 Å². The molecule has 0 aliphatic carbocycles. The lowest BCUT2D eigenvalue weighted by Crippen LogP contribution is -2.13. The highest BCUT2D eigenvalue weighted by molar-refractivity contribution is 7.98. The van der Waals surface area contributed by atoms with E-state index in [9.17, 15) is 4.79 Å². The van der Waals surface area contributed by atoms with Gasteiger partial charge in [0.15, 0.2) is 0 Å². The number of hydrogen-bond acceptors (Lipinski definition) is 2. The van der Waals surface area contributed by atoms with Gasteiger partial charge in [-0.1, -0.05) is 59.6 Å². The highest BCUT2D eigenvalue weighted by Crippen LogP contribution is 2.33. The number of fused-ring (bicyclic) bond motifs is 1. The first-order valence-corrected chi connectivity index (χ1v) is 12.6. The van der Waals surface area contributed by atoms with Gasteiger partial charge in [-0.2, -0.15) is 0 Å². The third-order valence-electron chi connectivity index (χ3n) is 5.84. The molecular formula is C29H23ClN2OS. The Balaban J connectivity index is 1.50. The summed E-state index contributed by atoms with van der Waals surface area (Å²) in [6.07, 6.45) is 2.04. The van der Waals surface area contributed by atoms with E-state index in [4.69, 9.17) is 11.6 Å². The normalized spacial score (nSPS) is 11.0. The lowest BCUT2D eigenvalue weighted by atomic mass is 9.97. The molecule has 3 nitrogen and oxygen atoms in total. The molecule has 0 spiro atoms. The maximum atomic E-state index is 13.4. The van der Waals surface area contributed by atoms with Gasteiger partial charge in [0, 0.05) is 38.3 Å². The average molecular weight is 483 g/mol. The van der Waals surface area contributed by atoms with Crippen LogP contribution in [-0.4, -0.2) is 17.1 Å². The first-order chi connectivity index (χ1) is 16.5. The molecule has 1 aromatic heterocycles. The number of halogens is 1. The van der Waals surface area contributed by atoms with E-state index in [1.54, 1.807) is 11.8 Å². The summed E-state index contributed by atoms with van der Waals surface area (Å²) in [5, 5.41) is 4.80. The van der Waals surface area contributed by atoms with Gasteiger partial charge in [-0.15, -0.1) is 11.8 Å². The molecule has 0 saturated heterocycles. The second kappa shape index (κ2) is 9.41. The number of rotatable bonds is 5. The molecule has 0 aliphatic rings. The zero-order valence-electron chi connectivity index (χ0n) is 18.9. The molecule has 0 saturated carbocycles. The standard InChI is InChI=1S/C29H23ClN2OS/c1-18-6-5-8-19(14-18)24-17-22(34-2)11-12-23(24)29(33)31-21-10-13-26(30)25(16-21)28-15-20-7-3-4-9-27(20)32-28/h3-17,32H,1-2H3,(H,31,33). The van der Waals surface area contributed by atoms with Gasteiger partial charge >= 0.3 is 0 Å². The number of nitrogens with one attached hydrogen (secondary N) is 2. The minimum atomic E-state index is -0.158. The number of para-hydroxylation sites is 1. The Morgan fingerprint density at radius 3 is 2.53 bits per heavy atom. The molecule has 0 bridgehead atoms. The number of carbonyl (C=O) groups excluding carboxylic acids is 1. The van der Waals surface area contributed by atoms with Crippen molar-refractivity contribution in [2.45, 2.75) is 11.8 Å². The van der Waals surface area contributed by atoms with Gasteiger partial charge in [-0.25, -0.2) is 0 Å². The fraction of sp³-hybridized carbons (Fsp3) is 0.0690. The molecule has 0 unspecified atom stereocenters.